The highest BCUT2D eigenvalue weighted by molar-refractivity contribution is 5.82. The van der Waals surface area contributed by atoms with E-state index in [1.807, 2.05) is 6.92 Å². The van der Waals surface area contributed by atoms with Crippen LogP contribution in [0.3, 0.4) is 0 Å². The van der Waals surface area contributed by atoms with Gasteiger partial charge >= 0.3 is 11.9 Å². The van der Waals surface area contributed by atoms with Crippen LogP contribution in [0.1, 0.15) is 20.3 Å². The molecule has 1 heterocycles. The number of hydrogen-bond donors (Lipinski definition) is 2. The highest BCUT2D eigenvalue weighted by atomic mass is 16.5. The van der Waals surface area contributed by atoms with Gasteiger partial charge < -0.3 is 19.7 Å². The molecule has 5 atom stereocenters. The maximum Gasteiger partial charge on any atom is 0.315 e. The molecule has 1 aliphatic heterocycles. The minimum Gasteiger partial charge on any atom is -0.469 e. The second-order valence-electron chi connectivity index (χ2n) is 5.87. The SMILES string of the molecule is COC(=O)C[C@@H]1[C@@H](O)[C@@]2(C)C(=O)OC[C@@]2(C)[C@H]1CO. The number of aliphatic hydroxyl groups excluding tert-OH is 2. The highest BCUT2D eigenvalue weighted by Gasteiger charge is 2.72. The van der Waals surface area contributed by atoms with Crippen LogP contribution in [-0.4, -0.2) is 48.6 Å². The molecule has 0 aromatic heterocycles. The standard InChI is InChI=1S/C13H20O6/c1-12-6-19-11(17)13(12,2)10(16)7(8(12)5-14)4-9(15)18-3/h7-8,10,14,16H,4-6H2,1-3H3/t7-,8-,10+,12-,13-/m0/s1. The molecule has 2 N–H and O–H groups in total. The molecule has 1 saturated heterocycles. The number of fused-ring (bicyclic) bond motifs is 1. The van der Waals surface area contributed by atoms with Crippen LogP contribution in [0.25, 0.3) is 0 Å². The van der Waals surface area contributed by atoms with E-state index in [2.05, 4.69) is 4.74 Å². The summed E-state index contributed by atoms with van der Waals surface area (Å²) in [5, 5.41) is 20.1. The van der Waals surface area contributed by atoms with Gasteiger partial charge in [-0.1, -0.05) is 6.92 Å². The number of rotatable bonds is 3. The maximum absolute atomic E-state index is 12.0. The third-order valence-electron chi connectivity index (χ3n) is 5.27. The zero-order valence-electron chi connectivity index (χ0n) is 11.4. The van der Waals surface area contributed by atoms with Crippen molar-refractivity contribution in [1.29, 1.82) is 0 Å². The number of methoxy groups -OCH3 is 1. The Hall–Kier alpha value is -1.14. The van der Waals surface area contributed by atoms with E-state index in [0.29, 0.717) is 0 Å². The summed E-state index contributed by atoms with van der Waals surface area (Å²) in [7, 11) is 1.27. The molecule has 2 fully saturated rings. The van der Waals surface area contributed by atoms with E-state index in [4.69, 9.17) is 4.74 Å². The second kappa shape index (κ2) is 4.45. The summed E-state index contributed by atoms with van der Waals surface area (Å²) in [4.78, 5) is 23.4. The lowest BCUT2D eigenvalue weighted by Crippen LogP contribution is -2.43. The molecular formula is C13H20O6. The molecule has 0 spiro atoms. The summed E-state index contributed by atoms with van der Waals surface area (Å²) in [6.45, 7) is 3.41. The first-order valence-electron chi connectivity index (χ1n) is 6.36. The molecule has 6 heteroatoms. The van der Waals surface area contributed by atoms with Crippen molar-refractivity contribution in [3.05, 3.63) is 0 Å². The number of esters is 2. The van der Waals surface area contributed by atoms with Crippen molar-refractivity contribution in [3.63, 3.8) is 0 Å². The normalized spacial score (nSPS) is 44.9. The molecule has 19 heavy (non-hydrogen) atoms. The number of aliphatic hydroxyl groups is 2. The van der Waals surface area contributed by atoms with Gasteiger partial charge in [0.2, 0.25) is 0 Å². The van der Waals surface area contributed by atoms with Gasteiger partial charge in [-0.25, -0.2) is 0 Å². The molecule has 0 aromatic rings. The van der Waals surface area contributed by atoms with Crippen LogP contribution in [-0.2, 0) is 19.1 Å². The lowest BCUT2D eigenvalue weighted by molar-refractivity contribution is -0.153. The Kier molecular flexibility index (Phi) is 3.35. The van der Waals surface area contributed by atoms with E-state index >= 15 is 0 Å². The fraction of sp³-hybridized carbons (Fsp3) is 0.846. The molecule has 1 aliphatic carbocycles. The number of cyclic esters (lactones) is 1. The Bertz CT molecular complexity index is 408. The van der Waals surface area contributed by atoms with Gasteiger partial charge in [-0.15, -0.1) is 0 Å². The van der Waals surface area contributed by atoms with Crippen molar-refractivity contribution in [2.75, 3.05) is 20.3 Å². The van der Waals surface area contributed by atoms with Crippen LogP contribution in [0.5, 0.6) is 0 Å². The maximum atomic E-state index is 12.0. The van der Waals surface area contributed by atoms with E-state index in [-0.39, 0.29) is 25.6 Å². The highest BCUT2D eigenvalue weighted by Crippen LogP contribution is 2.62. The molecule has 0 amide bonds. The molecule has 0 unspecified atom stereocenters. The Morgan fingerprint density at radius 2 is 2.16 bits per heavy atom. The molecule has 2 rings (SSSR count). The topological polar surface area (TPSA) is 93.1 Å². The minimum atomic E-state index is -1.08. The summed E-state index contributed by atoms with van der Waals surface area (Å²) in [5.74, 6) is -1.80. The molecule has 2 aliphatic rings. The monoisotopic (exact) mass is 272 g/mol. The smallest absolute Gasteiger partial charge is 0.315 e. The van der Waals surface area contributed by atoms with E-state index in [9.17, 15) is 19.8 Å². The predicted octanol–water partition coefficient (Wildman–Crippen LogP) is -0.282. The lowest BCUT2D eigenvalue weighted by Gasteiger charge is -2.33. The van der Waals surface area contributed by atoms with Gasteiger partial charge in [0, 0.05) is 17.9 Å². The third kappa shape index (κ3) is 1.63. The van der Waals surface area contributed by atoms with E-state index < -0.39 is 34.8 Å². The molecule has 0 radical (unpaired) electrons. The molecular weight excluding hydrogens is 252 g/mol. The number of carbonyl (C=O) groups excluding carboxylic acids is 2. The van der Waals surface area contributed by atoms with Crippen LogP contribution in [0.15, 0.2) is 0 Å². The number of hydrogen-bond acceptors (Lipinski definition) is 6. The van der Waals surface area contributed by atoms with Gasteiger partial charge in [0.25, 0.3) is 0 Å². The molecule has 108 valence electrons. The second-order valence-corrected chi connectivity index (χ2v) is 5.87. The van der Waals surface area contributed by atoms with Crippen LogP contribution in [0, 0.1) is 22.7 Å². The number of carbonyl (C=O) groups is 2. The predicted molar refractivity (Wildman–Crippen MR) is 63.9 cm³/mol. The zero-order chi connectivity index (χ0) is 14.4. The van der Waals surface area contributed by atoms with Crippen LogP contribution < -0.4 is 0 Å². The third-order valence-corrected chi connectivity index (χ3v) is 5.27. The van der Waals surface area contributed by atoms with Crippen molar-refractivity contribution in [2.45, 2.75) is 26.4 Å². The van der Waals surface area contributed by atoms with Gasteiger partial charge in [-0.05, 0) is 12.8 Å². The Balaban J connectivity index is 2.38. The van der Waals surface area contributed by atoms with Gasteiger partial charge in [-0.3, -0.25) is 9.59 Å². The Morgan fingerprint density at radius 1 is 1.53 bits per heavy atom. The average molecular weight is 272 g/mol. The van der Waals surface area contributed by atoms with E-state index in [1.165, 1.54) is 7.11 Å². The van der Waals surface area contributed by atoms with Crippen molar-refractivity contribution in [1.82, 2.24) is 0 Å². The van der Waals surface area contributed by atoms with Gasteiger partial charge in [0.05, 0.1) is 26.2 Å². The van der Waals surface area contributed by atoms with Crippen molar-refractivity contribution in [2.24, 2.45) is 22.7 Å². The first-order valence-corrected chi connectivity index (χ1v) is 6.36. The van der Waals surface area contributed by atoms with Crippen LogP contribution in [0.2, 0.25) is 0 Å². The Labute approximate surface area is 111 Å². The molecule has 0 aromatic carbocycles. The number of ether oxygens (including phenoxy) is 2. The largest absolute Gasteiger partial charge is 0.469 e. The minimum absolute atomic E-state index is 0.0125. The van der Waals surface area contributed by atoms with Gasteiger partial charge in [0.1, 0.15) is 5.41 Å². The fourth-order valence-corrected chi connectivity index (χ4v) is 3.69. The molecule has 1 saturated carbocycles. The van der Waals surface area contributed by atoms with E-state index in [0.717, 1.165) is 0 Å². The quantitative estimate of drug-likeness (QED) is 0.686. The fourth-order valence-electron chi connectivity index (χ4n) is 3.69. The summed E-state index contributed by atoms with van der Waals surface area (Å²) < 4.78 is 9.70. The lowest BCUT2D eigenvalue weighted by atomic mass is 9.66. The zero-order valence-corrected chi connectivity index (χ0v) is 11.4. The van der Waals surface area contributed by atoms with Crippen molar-refractivity contribution >= 4 is 11.9 Å². The van der Waals surface area contributed by atoms with Crippen LogP contribution in [0.4, 0.5) is 0 Å². The van der Waals surface area contributed by atoms with E-state index in [1.54, 1.807) is 6.92 Å². The first-order chi connectivity index (χ1) is 8.82. The summed E-state index contributed by atoms with van der Waals surface area (Å²) in [5.41, 5.74) is -1.75. The summed E-state index contributed by atoms with van der Waals surface area (Å²) >= 11 is 0. The first kappa shape index (κ1) is 14.3. The summed E-state index contributed by atoms with van der Waals surface area (Å²) in [6, 6.07) is 0. The molecule has 0 bridgehead atoms. The summed E-state index contributed by atoms with van der Waals surface area (Å²) in [6.07, 6.45) is -1.04. The van der Waals surface area contributed by atoms with Gasteiger partial charge in [-0.2, -0.15) is 0 Å². The Morgan fingerprint density at radius 3 is 2.68 bits per heavy atom. The molecule has 6 nitrogen and oxygen atoms in total. The van der Waals surface area contributed by atoms with Gasteiger partial charge in [0.15, 0.2) is 0 Å². The van der Waals surface area contributed by atoms with Crippen molar-refractivity contribution in [3.8, 4) is 0 Å². The van der Waals surface area contributed by atoms with Crippen LogP contribution >= 0.6 is 0 Å². The average Bonchev–Trinajstić information content (AvgIpc) is 2.71. The van der Waals surface area contributed by atoms with Crippen molar-refractivity contribution < 1.29 is 29.3 Å².